The SMILES string of the molecule is O=C1[C@@H]2CCCN2C(=O)N1C[C@H](O)c1ccccc1C(F)(F)F. The summed E-state index contributed by atoms with van der Waals surface area (Å²) in [5, 5.41) is 10.2. The minimum atomic E-state index is -4.61. The van der Waals surface area contributed by atoms with Crippen LogP contribution in [0.5, 0.6) is 0 Å². The van der Waals surface area contributed by atoms with Gasteiger partial charge in [0, 0.05) is 6.54 Å². The molecule has 2 heterocycles. The van der Waals surface area contributed by atoms with Crippen LogP contribution in [0.3, 0.4) is 0 Å². The Labute approximate surface area is 130 Å². The van der Waals surface area contributed by atoms with Gasteiger partial charge in [-0.2, -0.15) is 13.2 Å². The molecule has 0 saturated carbocycles. The van der Waals surface area contributed by atoms with Crippen molar-refractivity contribution in [2.75, 3.05) is 13.1 Å². The van der Waals surface area contributed by atoms with Crippen LogP contribution in [0.4, 0.5) is 18.0 Å². The summed E-state index contributed by atoms with van der Waals surface area (Å²) in [6, 6.07) is 3.54. The van der Waals surface area contributed by atoms with Gasteiger partial charge >= 0.3 is 12.2 Å². The topological polar surface area (TPSA) is 60.9 Å². The number of benzene rings is 1. The first-order valence-electron chi connectivity index (χ1n) is 7.27. The fourth-order valence-electron chi connectivity index (χ4n) is 3.17. The van der Waals surface area contributed by atoms with Gasteiger partial charge in [0.15, 0.2) is 0 Å². The molecule has 1 N–H and O–H groups in total. The van der Waals surface area contributed by atoms with Crippen molar-refractivity contribution in [2.45, 2.75) is 31.2 Å². The van der Waals surface area contributed by atoms with Gasteiger partial charge in [-0.05, 0) is 24.5 Å². The molecule has 0 radical (unpaired) electrons. The quantitative estimate of drug-likeness (QED) is 0.865. The molecule has 0 aromatic heterocycles. The van der Waals surface area contributed by atoms with Crippen LogP contribution >= 0.6 is 0 Å². The summed E-state index contributed by atoms with van der Waals surface area (Å²) < 4.78 is 39.0. The molecule has 2 aliphatic heterocycles. The smallest absolute Gasteiger partial charge is 0.387 e. The largest absolute Gasteiger partial charge is 0.416 e. The number of amides is 3. The fourth-order valence-corrected chi connectivity index (χ4v) is 3.17. The third-order valence-corrected chi connectivity index (χ3v) is 4.26. The Kier molecular flexibility index (Phi) is 3.79. The number of hydrogen-bond donors (Lipinski definition) is 1. The molecule has 0 spiro atoms. The van der Waals surface area contributed by atoms with Crippen molar-refractivity contribution >= 4 is 11.9 Å². The van der Waals surface area contributed by atoms with E-state index in [2.05, 4.69) is 0 Å². The summed E-state index contributed by atoms with van der Waals surface area (Å²) in [6.07, 6.45) is -4.91. The number of rotatable bonds is 3. The first-order valence-corrected chi connectivity index (χ1v) is 7.27. The second kappa shape index (κ2) is 5.52. The molecule has 2 saturated heterocycles. The molecule has 1 aromatic carbocycles. The molecule has 0 aliphatic carbocycles. The van der Waals surface area contributed by atoms with Crippen LogP contribution in [-0.4, -0.2) is 46.0 Å². The van der Waals surface area contributed by atoms with Gasteiger partial charge in [0.2, 0.25) is 0 Å². The highest BCUT2D eigenvalue weighted by atomic mass is 19.4. The molecule has 124 valence electrons. The van der Waals surface area contributed by atoms with Crippen LogP contribution in [0.1, 0.15) is 30.1 Å². The fraction of sp³-hybridized carbons (Fsp3) is 0.467. The minimum absolute atomic E-state index is 0.340. The van der Waals surface area contributed by atoms with Gasteiger partial charge in [-0.25, -0.2) is 4.79 Å². The predicted molar refractivity (Wildman–Crippen MR) is 73.2 cm³/mol. The molecule has 3 rings (SSSR count). The monoisotopic (exact) mass is 328 g/mol. The zero-order chi connectivity index (χ0) is 16.8. The third kappa shape index (κ3) is 2.67. The highest BCUT2D eigenvalue weighted by Crippen LogP contribution is 2.35. The van der Waals surface area contributed by atoms with Gasteiger partial charge in [-0.3, -0.25) is 9.69 Å². The average Bonchev–Trinajstić information content (AvgIpc) is 3.06. The maximum atomic E-state index is 13.0. The average molecular weight is 328 g/mol. The van der Waals surface area contributed by atoms with Gasteiger partial charge in [-0.15, -0.1) is 0 Å². The van der Waals surface area contributed by atoms with Gasteiger partial charge in [0.25, 0.3) is 5.91 Å². The van der Waals surface area contributed by atoms with Gasteiger partial charge in [0.05, 0.1) is 18.2 Å². The second-order valence-corrected chi connectivity index (χ2v) is 5.68. The van der Waals surface area contributed by atoms with Crippen LogP contribution < -0.4 is 0 Å². The normalized spacial score (nSPS) is 22.7. The summed E-state index contributed by atoms with van der Waals surface area (Å²) in [6.45, 7) is -0.0151. The maximum absolute atomic E-state index is 13.0. The Bertz CT molecular complexity index is 625. The lowest BCUT2D eigenvalue weighted by atomic mass is 10.0. The molecule has 3 amide bonds. The van der Waals surface area contributed by atoms with E-state index in [1.807, 2.05) is 0 Å². The Morgan fingerprint density at radius 3 is 2.61 bits per heavy atom. The summed E-state index contributed by atoms with van der Waals surface area (Å²) in [5.41, 5.74) is -1.31. The first-order chi connectivity index (χ1) is 10.8. The van der Waals surface area contributed by atoms with E-state index in [-0.39, 0.29) is 5.56 Å². The van der Waals surface area contributed by atoms with Crippen molar-refractivity contribution in [1.82, 2.24) is 9.80 Å². The van der Waals surface area contributed by atoms with Crippen LogP contribution in [0.25, 0.3) is 0 Å². The molecule has 23 heavy (non-hydrogen) atoms. The Morgan fingerprint density at radius 2 is 1.96 bits per heavy atom. The second-order valence-electron chi connectivity index (χ2n) is 5.68. The number of hydrogen-bond acceptors (Lipinski definition) is 3. The van der Waals surface area contributed by atoms with Crippen molar-refractivity contribution in [1.29, 1.82) is 0 Å². The summed E-state index contributed by atoms with van der Waals surface area (Å²) in [5.74, 6) is -0.448. The number of carbonyl (C=O) groups excluding carboxylic acids is 2. The van der Waals surface area contributed by atoms with Crippen molar-refractivity contribution in [3.63, 3.8) is 0 Å². The van der Waals surface area contributed by atoms with Crippen LogP contribution in [-0.2, 0) is 11.0 Å². The van der Waals surface area contributed by atoms with E-state index in [4.69, 9.17) is 0 Å². The molecule has 0 unspecified atom stereocenters. The van der Waals surface area contributed by atoms with E-state index in [1.54, 1.807) is 0 Å². The molecule has 2 aliphatic rings. The van der Waals surface area contributed by atoms with E-state index in [0.29, 0.717) is 13.0 Å². The number of fused-ring (bicyclic) bond motifs is 1. The number of β-amino-alcohol motifs (C(OH)–C–C–N with tert-alkyl or cyclic N) is 1. The zero-order valence-electron chi connectivity index (χ0n) is 12.1. The van der Waals surface area contributed by atoms with Gasteiger partial charge < -0.3 is 10.0 Å². The maximum Gasteiger partial charge on any atom is 0.416 e. The lowest BCUT2D eigenvalue weighted by Crippen LogP contribution is -2.36. The number of halogens is 3. The van der Waals surface area contributed by atoms with Gasteiger partial charge in [-0.1, -0.05) is 18.2 Å². The lowest BCUT2D eigenvalue weighted by molar-refractivity contribution is -0.139. The Morgan fingerprint density at radius 1 is 1.26 bits per heavy atom. The predicted octanol–water partition coefficient (Wildman–Crippen LogP) is 2.17. The molecule has 1 aromatic rings. The highest BCUT2D eigenvalue weighted by molar-refractivity contribution is 6.04. The molecular formula is C15H15F3N2O3. The summed E-state index contributed by atoms with van der Waals surface area (Å²) >= 11 is 0. The van der Waals surface area contributed by atoms with Crippen molar-refractivity contribution < 1.29 is 27.9 Å². The summed E-state index contributed by atoms with van der Waals surface area (Å²) in [4.78, 5) is 26.6. The number of imide groups is 1. The van der Waals surface area contributed by atoms with Crippen molar-refractivity contribution in [3.8, 4) is 0 Å². The molecule has 5 nitrogen and oxygen atoms in total. The Hall–Kier alpha value is -2.09. The van der Waals surface area contributed by atoms with Crippen molar-refractivity contribution in [3.05, 3.63) is 35.4 Å². The van der Waals surface area contributed by atoms with E-state index in [1.165, 1.54) is 17.0 Å². The minimum Gasteiger partial charge on any atom is -0.387 e. The molecule has 2 fully saturated rings. The molecular weight excluding hydrogens is 313 g/mol. The van der Waals surface area contributed by atoms with E-state index in [0.717, 1.165) is 23.5 Å². The molecule has 8 heteroatoms. The standard InChI is InChI=1S/C15H15F3N2O3/c16-15(17,18)10-5-2-1-4-9(10)12(21)8-20-13(22)11-6-3-7-19(11)14(20)23/h1-2,4-5,11-12,21H,3,6-8H2/t11-,12-/m0/s1. The van der Waals surface area contributed by atoms with Crippen molar-refractivity contribution in [2.24, 2.45) is 0 Å². The number of aliphatic hydroxyl groups excluding tert-OH is 1. The van der Waals surface area contributed by atoms with E-state index in [9.17, 15) is 27.9 Å². The molecule has 0 bridgehead atoms. The Balaban J connectivity index is 1.82. The highest BCUT2D eigenvalue weighted by Gasteiger charge is 2.48. The third-order valence-electron chi connectivity index (χ3n) is 4.26. The van der Waals surface area contributed by atoms with Crippen LogP contribution in [0.15, 0.2) is 24.3 Å². The number of aliphatic hydroxyl groups is 1. The van der Waals surface area contributed by atoms with E-state index >= 15 is 0 Å². The molecule has 2 atom stereocenters. The van der Waals surface area contributed by atoms with E-state index < -0.39 is 42.4 Å². The summed E-state index contributed by atoms with van der Waals surface area (Å²) in [7, 11) is 0. The van der Waals surface area contributed by atoms with Crippen LogP contribution in [0, 0.1) is 0 Å². The number of alkyl halides is 3. The number of urea groups is 1. The number of nitrogens with zero attached hydrogens (tertiary/aromatic N) is 2. The number of carbonyl (C=O) groups is 2. The van der Waals surface area contributed by atoms with Crippen LogP contribution in [0.2, 0.25) is 0 Å². The zero-order valence-corrected chi connectivity index (χ0v) is 12.1. The lowest BCUT2D eigenvalue weighted by Gasteiger charge is -2.22. The first kappa shape index (κ1) is 15.8. The van der Waals surface area contributed by atoms with Gasteiger partial charge in [0.1, 0.15) is 6.04 Å².